The van der Waals surface area contributed by atoms with Gasteiger partial charge in [-0.15, -0.1) is 0 Å². The Morgan fingerprint density at radius 1 is 1.30 bits per heavy atom. The lowest BCUT2D eigenvalue weighted by atomic mass is 9.79. The van der Waals surface area contributed by atoms with E-state index in [4.69, 9.17) is 0 Å². The molecular weight excluding hydrogens is 248 g/mol. The number of aromatic nitrogens is 2. The van der Waals surface area contributed by atoms with E-state index in [1.165, 1.54) is 11.3 Å². The molecule has 2 rings (SSSR count). The van der Waals surface area contributed by atoms with E-state index in [1.807, 2.05) is 11.7 Å². The molecular formula is C16H30N4. The highest BCUT2D eigenvalue weighted by molar-refractivity contribution is 5.17. The highest BCUT2D eigenvalue weighted by atomic mass is 15.3. The summed E-state index contributed by atoms with van der Waals surface area (Å²) in [5.41, 5.74) is 2.95. The van der Waals surface area contributed by atoms with Gasteiger partial charge in [-0.25, -0.2) is 0 Å². The number of nitrogens with zero attached hydrogens (tertiary/aromatic N) is 2. The number of hydrogen-bond donors (Lipinski definition) is 2. The second-order valence-corrected chi connectivity index (χ2v) is 7.51. The molecule has 1 aromatic rings. The summed E-state index contributed by atoms with van der Waals surface area (Å²) in [6, 6.07) is 0.561. The number of aryl methyl sites for hydroxylation is 2. The zero-order chi connectivity index (χ0) is 15.0. The normalized spacial score (nSPS) is 22.1. The molecule has 20 heavy (non-hydrogen) atoms. The van der Waals surface area contributed by atoms with Gasteiger partial charge in [-0.05, 0) is 47.0 Å². The van der Waals surface area contributed by atoms with Crippen LogP contribution in [0.1, 0.15) is 58.7 Å². The first-order valence-electron chi connectivity index (χ1n) is 7.75. The van der Waals surface area contributed by atoms with Gasteiger partial charge in [0.2, 0.25) is 0 Å². The molecule has 0 unspecified atom stereocenters. The summed E-state index contributed by atoms with van der Waals surface area (Å²) < 4.78 is 1.92. The van der Waals surface area contributed by atoms with Crippen molar-refractivity contribution in [2.45, 2.75) is 77.5 Å². The summed E-state index contributed by atoms with van der Waals surface area (Å²) in [4.78, 5) is 0. The molecule has 2 heterocycles. The average Bonchev–Trinajstić information content (AvgIpc) is 2.63. The van der Waals surface area contributed by atoms with Crippen molar-refractivity contribution in [2.75, 3.05) is 0 Å². The zero-order valence-corrected chi connectivity index (χ0v) is 13.9. The summed E-state index contributed by atoms with van der Waals surface area (Å²) in [6.07, 6.45) is 5.47. The first-order chi connectivity index (χ1) is 9.21. The van der Waals surface area contributed by atoms with Gasteiger partial charge in [-0.2, -0.15) is 5.10 Å². The van der Waals surface area contributed by atoms with E-state index in [-0.39, 0.29) is 11.1 Å². The minimum Gasteiger partial charge on any atom is -0.310 e. The van der Waals surface area contributed by atoms with Crippen LogP contribution in [0, 0.1) is 0 Å². The molecule has 1 aliphatic heterocycles. The molecule has 1 fully saturated rings. The SMILES string of the molecule is CCc1nn(C)cc1CNC1CC(C)(C)NC(C)(C)C1. The fourth-order valence-corrected chi connectivity index (χ4v) is 3.75. The van der Waals surface area contributed by atoms with E-state index in [9.17, 15) is 0 Å². The van der Waals surface area contributed by atoms with E-state index in [2.05, 4.69) is 56.5 Å². The second-order valence-electron chi connectivity index (χ2n) is 7.51. The van der Waals surface area contributed by atoms with Crippen LogP contribution in [0.5, 0.6) is 0 Å². The second kappa shape index (κ2) is 5.49. The smallest absolute Gasteiger partial charge is 0.0666 e. The zero-order valence-electron chi connectivity index (χ0n) is 13.9. The van der Waals surface area contributed by atoms with Gasteiger partial charge >= 0.3 is 0 Å². The Labute approximate surface area is 123 Å². The number of rotatable bonds is 4. The molecule has 0 spiro atoms. The molecule has 0 saturated carbocycles. The molecule has 0 aromatic carbocycles. The Hall–Kier alpha value is -0.870. The molecule has 0 radical (unpaired) electrons. The molecule has 4 heteroatoms. The summed E-state index contributed by atoms with van der Waals surface area (Å²) >= 11 is 0. The van der Waals surface area contributed by atoms with Crippen LogP contribution in [0.2, 0.25) is 0 Å². The van der Waals surface area contributed by atoms with Crippen molar-refractivity contribution < 1.29 is 0 Å². The lowest BCUT2D eigenvalue weighted by molar-refractivity contribution is 0.145. The predicted molar refractivity (Wildman–Crippen MR) is 83.7 cm³/mol. The quantitative estimate of drug-likeness (QED) is 0.888. The van der Waals surface area contributed by atoms with Crippen molar-refractivity contribution >= 4 is 0 Å². The Balaban J connectivity index is 1.99. The summed E-state index contributed by atoms with van der Waals surface area (Å²) in [7, 11) is 2.00. The Kier molecular flexibility index (Phi) is 4.26. The molecule has 4 nitrogen and oxygen atoms in total. The Morgan fingerprint density at radius 3 is 2.45 bits per heavy atom. The van der Waals surface area contributed by atoms with Crippen LogP contribution in [-0.2, 0) is 20.0 Å². The monoisotopic (exact) mass is 278 g/mol. The van der Waals surface area contributed by atoms with Gasteiger partial charge < -0.3 is 10.6 Å². The van der Waals surface area contributed by atoms with Gasteiger partial charge in [0.1, 0.15) is 0 Å². The lowest BCUT2D eigenvalue weighted by Crippen LogP contribution is -2.61. The lowest BCUT2D eigenvalue weighted by Gasteiger charge is -2.46. The third kappa shape index (κ3) is 3.83. The van der Waals surface area contributed by atoms with Crippen molar-refractivity contribution in [1.29, 1.82) is 0 Å². The molecule has 1 saturated heterocycles. The van der Waals surface area contributed by atoms with Crippen molar-refractivity contribution in [1.82, 2.24) is 20.4 Å². The van der Waals surface area contributed by atoms with E-state index >= 15 is 0 Å². The summed E-state index contributed by atoms with van der Waals surface area (Å²) in [5.74, 6) is 0. The minimum atomic E-state index is 0.196. The standard InChI is InChI=1S/C16H30N4/c1-7-14-12(11-20(6)18-14)10-17-13-8-15(2,3)19-16(4,5)9-13/h11,13,17,19H,7-10H2,1-6H3. The molecule has 0 amide bonds. The maximum Gasteiger partial charge on any atom is 0.0666 e. The highest BCUT2D eigenvalue weighted by Crippen LogP contribution is 2.28. The van der Waals surface area contributed by atoms with E-state index in [0.717, 1.165) is 25.8 Å². The predicted octanol–water partition coefficient (Wildman–Crippen LogP) is 2.38. The van der Waals surface area contributed by atoms with E-state index < -0.39 is 0 Å². The van der Waals surface area contributed by atoms with Gasteiger partial charge in [0.15, 0.2) is 0 Å². The van der Waals surface area contributed by atoms with Crippen molar-refractivity contribution in [3.05, 3.63) is 17.5 Å². The maximum absolute atomic E-state index is 4.51. The molecule has 2 N–H and O–H groups in total. The molecule has 1 aliphatic rings. The largest absolute Gasteiger partial charge is 0.310 e. The highest BCUT2D eigenvalue weighted by Gasteiger charge is 2.37. The summed E-state index contributed by atoms with van der Waals surface area (Å²) in [6.45, 7) is 12.3. The van der Waals surface area contributed by atoms with E-state index in [1.54, 1.807) is 0 Å². The third-order valence-corrected chi connectivity index (χ3v) is 4.10. The molecule has 0 aliphatic carbocycles. The number of hydrogen-bond acceptors (Lipinski definition) is 3. The number of nitrogens with one attached hydrogen (secondary N) is 2. The van der Waals surface area contributed by atoms with Crippen molar-refractivity contribution in [3.8, 4) is 0 Å². The van der Waals surface area contributed by atoms with Crippen LogP contribution in [0.3, 0.4) is 0 Å². The topological polar surface area (TPSA) is 41.9 Å². The van der Waals surface area contributed by atoms with E-state index in [0.29, 0.717) is 6.04 Å². The Bertz CT molecular complexity index is 443. The summed E-state index contributed by atoms with van der Waals surface area (Å²) in [5, 5.41) is 12.0. The fraction of sp³-hybridized carbons (Fsp3) is 0.812. The van der Waals surface area contributed by atoms with Gasteiger partial charge in [0.05, 0.1) is 5.69 Å². The number of piperidine rings is 1. The van der Waals surface area contributed by atoms with Crippen LogP contribution in [0.4, 0.5) is 0 Å². The Morgan fingerprint density at radius 2 is 1.90 bits per heavy atom. The molecule has 1 aromatic heterocycles. The van der Waals surface area contributed by atoms with Crippen molar-refractivity contribution in [3.63, 3.8) is 0 Å². The van der Waals surface area contributed by atoms with Gasteiger partial charge in [-0.1, -0.05) is 6.92 Å². The fourth-order valence-electron chi connectivity index (χ4n) is 3.75. The van der Waals surface area contributed by atoms with Crippen molar-refractivity contribution in [2.24, 2.45) is 7.05 Å². The van der Waals surface area contributed by atoms with Gasteiger partial charge in [-0.3, -0.25) is 4.68 Å². The first-order valence-corrected chi connectivity index (χ1v) is 7.75. The van der Waals surface area contributed by atoms with Crippen LogP contribution in [0.25, 0.3) is 0 Å². The van der Waals surface area contributed by atoms with Gasteiger partial charge in [0, 0.05) is 42.5 Å². The molecule has 114 valence electrons. The maximum atomic E-state index is 4.51. The minimum absolute atomic E-state index is 0.196. The van der Waals surface area contributed by atoms with Crippen LogP contribution >= 0.6 is 0 Å². The molecule has 0 atom stereocenters. The van der Waals surface area contributed by atoms with Crippen LogP contribution in [-0.4, -0.2) is 26.9 Å². The third-order valence-electron chi connectivity index (χ3n) is 4.10. The first kappa shape index (κ1) is 15.5. The van der Waals surface area contributed by atoms with Gasteiger partial charge in [0.25, 0.3) is 0 Å². The van der Waals surface area contributed by atoms with Crippen LogP contribution in [0.15, 0.2) is 6.20 Å². The molecule has 0 bridgehead atoms. The van der Waals surface area contributed by atoms with Crippen LogP contribution < -0.4 is 10.6 Å². The average molecular weight is 278 g/mol.